The molecule has 3 aromatic rings. The predicted molar refractivity (Wildman–Crippen MR) is 174 cm³/mol. The Labute approximate surface area is 270 Å². The third kappa shape index (κ3) is 8.37. The van der Waals surface area contributed by atoms with Gasteiger partial charge in [0.05, 0.1) is 24.8 Å². The average Bonchev–Trinajstić information content (AvgIpc) is 3.00. The lowest BCUT2D eigenvalue weighted by atomic mass is 10.1. The summed E-state index contributed by atoms with van der Waals surface area (Å²) in [5, 5.41) is 3.54. The minimum Gasteiger partial charge on any atom is -0.493 e. The van der Waals surface area contributed by atoms with E-state index in [1.807, 2.05) is 13.8 Å². The molecule has 0 unspecified atom stereocenters. The van der Waals surface area contributed by atoms with Gasteiger partial charge in [-0.1, -0.05) is 67.2 Å². The van der Waals surface area contributed by atoms with Crippen LogP contribution in [-0.2, 0) is 26.2 Å². The Morgan fingerprint density at radius 1 is 0.932 bits per heavy atom. The zero-order chi connectivity index (χ0) is 32.4. The number of carbonyl (C=O) groups is 2. The number of sulfonamides is 1. The van der Waals surface area contributed by atoms with Gasteiger partial charge in [-0.25, -0.2) is 8.42 Å². The number of ether oxygens (including phenoxy) is 2. The standard InChI is InChI=1S/C32H39Cl2N3O6S/c1-6-8-18-35-32(39)28(7-2)36(20-25-26(33)10-9-11-27(25)34)31(38)21-37(23-14-17-29(42-4)30(19-23)43-5)44(40,41)24-15-12-22(3)13-16-24/h9-17,19,28H,6-8,18,20-21H2,1-5H3,(H,35,39)/t28-/m0/s1. The highest BCUT2D eigenvalue weighted by Crippen LogP contribution is 2.34. The maximum atomic E-state index is 14.3. The van der Waals surface area contributed by atoms with Gasteiger partial charge in [0.1, 0.15) is 12.6 Å². The van der Waals surface area contributed by atoms with E-state index in [-0.39, 0.29) is 35.2 Å². The Morgan fingerprint density at radius 3 is 2.14 bits per heavy atom. The van der Waals surface area contributed by atoms with Crippen molar-refractivity contribution in [2.75, 3.05) is 31.6 Å². The molecule has 2 amide bonds. The first-order valence-electron chi connectivity index (χ1n) is 14.3. The molecule has 44 heavy (non-hydrogen) atoms. The number of hydrogen-bond acceptors (Lipinski definition) is 6. The van der Waals surface area contributed by atoms with Gasteiger partial charge in [-0.2, -0.15) is 0 Å². The van der Waals surface area contributed by atoms with Crippen LogP contribution in [-0.4, -0.2) is 58.5 Å². The molecule has 12 heteroatoms. The number of nitrogens with zero attached hydrogens (tertiary/aromatic N) is 2. The van der Waals surface area contributed by atoms with Gasteiger partial charge in [-0.3, -0.25) is 13.9 Å². The van der Waals surface area contributed by atoms with Crippen molar-refractivity contribution in [1.29, 1.82) is 0 Å². The highest BCUT2D eigenvalue weighted by atomic mass is 35.5. The van der Waals surface area contributed by atoms with Gasteiger partial charge in [0.2, 0.25) is 11.8 Å². The SMILES string of the molecule is CCCCNC(=O)[C@H](CC)N(Cc1c(Cl)cccc1Cl)C(=O)CN(c1ccc(OC)c(OC)c1)S(=O)(=O)c1ccc(C)cc1. The summed E-state index contributed by atoms with van der Waals surface area (Å²) in [6.07, 6.45) is 1.92. The molecule has 238 valence electrons. The Bertz CT molecular complexity index is 1530. The molecular formula is C32H39Cl2N3O6S. The minimum absolute atomic E-state index is 0.00395. The highest BCUT2D eigenvalue weighted by Gasteiger charge is 2.34. The van der Waals surface area contributed by atoms with E-state index < -0.39 is 28.5 Å². The molecule has 0 heterocycles. The van der Waals surface area contributed by atoms with Crippen molar-refractivity contribution >= 4 is 50.7 Å². The van der Waals surface area contributed by atoms with E-state index in [0.29, 0.717) is 27.9 Å². The van der Waals surface area contributed by atoms with E-state index in [1.165, 1.54) is 43.4 Å². The summed E-state index contributed by atoms with van der Waals surface area (Å²) in [5.41, 5.74) is 1.50. The van der Waals surface area contributed by atoms with Gasteiger partial charge in [0, 0.05) is 34.8 Å². The van der Waals surface area contributed by atoms with Crippen LogP contribution in [0.3, 0.4) is 0 Å². The van der Waals surface area contributed by atoms with Crippen LogP contribution < -0.4 is 19.1 Å². The number of anilines is 1. The molecule has 0 aromatic heterocycles. The van der Waals surface area contributed by atoms with E-state index in [2.05, 4.69) is 5.32 Å². The van der Waals surface area contributed by atoms with Crippen LogP contribution in [0.1, 0.15) is 44.2 Å². The first kappa shape index (κ1) is 35.0. The van der Waals surface area contributed by atoms with Gasteiger partial charge in [-0.15, -0.1) is 0 Å². The number of unbranched alkanes of at least 4 members (excludes halogenated alkanes) is 1. The van der Waals surface area contributed by atoms with Crippen LogP contribution in [0.25, 0.3) is 0 Å². The number of halogens is 2. The number of aryl methyl sites for hydroxylation is 1. The molecule has 0 spiro atoms. The molecule has 0 radical (unpaired) electrons. The van der Waals surface area contributed by atoms with Crippen molar-refractivity contribution in [3.63, 3.8) is 0 Å². The van der Waals surface area contributed by atoms with E-state index in [9.17, 15) is 18.0 Å². The van der Waals surface area contributed by atoms with Crippen molar-refractivity contribution in [1.82, 2.24) is 10.2 Å². The minimum atomic E-state index is -4.27. The highest BCUT2D eigenvalue weighted by molar-refractivity contribution is 7.92. The van der Waals surface area contributed by atoms with Crippen LogP contribution in [0, 0.1) is 6.92 Å². The largest absolute Gasteiger partial charge is 0.493 e. The average molecular weight is 665 g/mol. The summed E-state index contributed by atoms with van der Waals surface area (Å²) in [4.78, 5) is 29.0. The molecule has 0 aliphatic heterocycles. The molecular weight excluding hydrogens is 625 g/mol. The number of hydrogen-bond donors (Lipinski definition) is 1. The lowest BCUT2D eigenvalue weighted by Crippen LogP contribution is -2.52. The van der Waals surface area contributed by atoms with E-state index in [1.54, 1.807) is 43.3 Å². The summed E-state index contributed by atoms with van der Waals surface area (Å²) >= 11 is 13.0. The third-order valence-electron chi connectivity index (χ3n) is 7.15. The fourth-order valence-electron chi connectivity index (χ4n) is 4.63. The lowest BCUT2D eigenvalue weighted by Gasteiger charge is -2.33. The smallest absolute Gasteiger partial charge is 0.264 e. The van der Waals surface area contributed by atoms with Crippen molar-refractivity contribution < 1.29 is 27.5 Å². The predicted octanol–water partition coefficient (Wildman–Crippen LogP) is 6.24. The van der Waals surface area contributed by atoms with Crippen molar-refractivity contribution in [3.8, 4) is 11.5 Å². The second-order valence-corrected chi connectivity index (χ2v) is 12.8. The van der Waals surface area contributed by atoms with Crippen LogP contribution in [0.15, 0.2) is 65.6 Å². The number of amides is 2. The van der Waals surface area contributed by atoms with Gasteiger partial charge < -0.3 is 19.7 Å². The molecule has 0 fully saturated rings. The van der Waals surface area contributed by atoms with Crippen LogP contribution in [0.5, 0.6) is 11.5 Å². The second kappa shape index (κ2) is 16.0. The molecule has 3 rings (SSSR count). The molecule has 1 N–H and O–H groups in total. The summed E-state index contributed by atoms with van der Waals surface area (Å²) in [6.45, 7) is 5.36. The second-order valence-electron chi connectivity index (χ2n) is 10.2. The molecule has 0 saturated heterocycles. The number of carbonyl (C=O) groups excluding carboxylic acids is 2. The fraction of sp³-hybridized carbons (Fsp3) is 0.375. The Kier molecular flexibility index (Phi) is 12.7. The maximum Gasteiger partial charge on any atom is 0.264 e. The first-order chi connectivity index (χ1) is 21.0. The zero-order valence-electron chi connectivity index (χ0n) is 25.6. The van der Waals surface area contributed by atoms with Crippen molar-refractivity contribution in [2.24, 2.45) is 0 Å². The number of methoxy groups -OCH3 is 2. The topological polar surface area (TPSA) is 105 Å². The van der Waals surface area contributed by atoms with Gasteiger partial charge in [0.25, 0.3) is 10.0 Å². The van der Waals surface area contributed by atoms with Gasteiger partial charge in [0.15, 0.2) is 11.5 Å². The molecule has 0 aliphatic rings. The number of nitrogens with one attached hydrogen (secondary N) is 1. The Hall–Kier alpha value is -3.47. The van der Waals surface area contributed by atoms with Crippen LogP contribution >= 0.6 is 23.2 Å². The monoisotopic (exact) mass is 663 g/mol. The van der Waals surface area contributed by atoms with Crippen molar-refractivity contribution in [2.45, 2.75) is 57.5 Å². The number of rotatable bonds is 15. The quantitative estimate of drug-likeness (QED) is 0.193. The number of benzene rings is 3. The van der Waals surface area contributed by atoms with Crippen molar-refractivity contribution in [3.05, 3.63) is 81.8 Å². The molecule has 0 saturated carbocycles. The summed E-state index contributed by atoms with van der Waals surface area (Å²) in [6, 6.07) is 15.0. The Balaban J connectivity index is 2.13. The molecule has 9 nitrogen and oxygen atoms in total. The van der Waals surface area contributed by atoms with E-state index in [4.69, 9.17) is 32.7 Å². The summed E-state index contributed by atoms with van der Waals surface area (Å²) in [7, 11) is -1.36. The molecule has 0 aliphatic carbocycles. The van der Waals surface area contributed by atoms with Crippen LogP contribution in [0.2, 0.25) is 10.0 Å². The van der Waals surface area contributed by atoms with Gasteiger partial charge >= 0.3 is 0 Å². The summed E-state index contributed by atoms with van der Waals surface area (Å²) in [5.74, 6) is -0.302. The fourth-order valence-corrected chi connectivity index (χ4v) is 6.55. The normalized spacial score (nSPS) is 11.9. The van der Waals surface area contributed by atoms with E-state index in [0.717, 1.165) is 22.7 Å². The molecule has 0 bridgehead atoms. The maximum absolute atomic E-state index is 14.3. The van der Waals surface area contributed by atoms with Crippen LogP contribution in [0.4, 0.5) is 5.69 Å². The molecule has 1 atom stereocenters. The molecule has 3 aromatic carbocycles. The third-order valence-corrected chi connectivity index (χ3v) is 9.64. The Morgan fingerprint density at radius 2 is 1.57 bits per heavy atom. The zero-order valence-corrected chi connectivity index (χ0v) is 27.9. The summed E-state index contributed by atoms with van der Waals surface area (Å²) < 4.78 is 40.0. The van der Waals surface area contributed by atoms with E-state index >= 15 is 0 Å². The lowest BCUT2D eigenvalue weighted by molar-refractivity contribution is -0.140. The first-order valence-corrected chi connectivity index (χ1v) is 16.5. The van der Waals surface area contributed by atoms with Gasteiger partial charge in [-0.05, 0) is 56.2 Å².